The van der Waals surface area contributed by atoms with Crippen molar-refractivity contribution in [3.8, 4) is 0 Å². The number of ether oxygens (including phenoxy) is 2. The van der Waals surface area contributed by atoms with Crippen LogP contribution in [0.25, 0.3) is 5.70 Å². The van der Waals surface area contributed by atoms with Gasteiger partial charge in [0, 0.05) is 5.02 Å². The molecule has 0 unspecified atom stereocenters. The molecule has 2 rings (SSSR count). The Labute approximate surface area is 233 Å². The summed E-state index contributed by atoms with van der Waals surface area (Å²) < 4.78 is 10.5. The van der Waals surface area contributed by atoms with Crippen molar-refractivity contribution < 1.29 is 19.1 Å². The lowest BCUT2D eigenvalue weighted by Gasteiger charge is -2.29. The normalized spacial score (nSPS) is 10.5. The van der Waals surface area contributed by atoms with E-state index in [4.69, 9.17) is 26.5 Å². The van der Waals surface area contributed by atoms with Crippen molar-refractivity contribution in [2.75, 3.05) is 6.54 Å². The predicted molar refractivity (Wildman–Crippen MR) is 158 cm³/mol. The van der Waals surface area contributed by atoms with Crippen LogP contribution in [0.5, 0.6) is 0 Å². The second-order valence-electron chi connectivity index (χ2n) is 10.2. The fourth-order valence-electron chi connectivity index (χ4n) is 2.70. The Morgan fingerprint density at radius 2 is 1.47 bits per heavy atom. The SMILES string of the molecule is C=C(c1ccccc1)N(C(=N)CNC(=O)OC(C)(C)C)C(=O)OC(C)(C)C.CC.Cc1ccc(C)c(Cl)c1. The molecule has 0 bridgehead atoms. The molecule has 2 aromatic carbocycles. The molecule has 2 aromatic rings. The summed E-state index contributed by atoms with van der Waals surface area (Å²) >= 11 is 5.81. The number of hydrogen-bond acceptors (Lipinski definition) is 5. The molecule has 0 fully saturated rings. The summed E-state index contributed by atoms with van der Waals surface area (Å²) in [6, 6.07) is 15.0. The van der Waals surface area contributed by atoms with Crippen molar-refractivity contribution in [1.29, 1.82) is 5.41 Å². The fourth-order valence-corrected chi connectivity index (χ4v) is 2.93. The third-order valence-electron chi connectivity index (χ3n) is 4.35. The number of carbonyl (C=O) groups excluding carboxylic acids is 2. The second kappa shape index (κ2) is 15.8. The first kappa shape index (κ1) is 34.7. The number of amidine groups is 1. The van der Waals surface area contributed by atoms with Crippen LogP contribution in [-0.4, -0.2) is 40.7 Å². The van der Waals surface area contributed by atoms with E-state index in [2.05, 4.69) is 18.0 Å². The lowest BCUT2D eigenvalue weighted by Crippen LogP contribution is -2.45. The number of amides is 2. The number of nitrogens with zero attached hydrogens (tertiary/aromatic N) is 1. The van der Waals surface area contributed by atoms with Crippen LogP contribution in [0.2, 0.25) is 5.02 Å². The van der Waals surface area contributed by atoms with Crippen LogP contribution in [0, 0.1) is 19.3 Å². The number of hydrogen-bond donors (Lipinski definition) is 2. The van der Waals surface area contributed by atoms with Gasteiger partial charge in [-0.2, -0.15) is 0 Å². The number of nitrogens with one attached hydrogen (secondary N) is 2. The summed E-state index contributed by atoms with van der Waals surface area (Å²) in [4.78, 5) is 25.5. The monoisotopic (exact) mass is 545 g/mol. The zero-order valence-electron chi connectivity index (χ0n) is 24.5. The van der Waals surface area contributed by atoms with E-state index < -0.39 is 23.4 Å². The van der Waals surface area contributed by atoms with Gasteiger partial charge in [0.25, 0.3) is 0 Å². The number of halogens is 1. The van der Waals surface area contributed by atoms with E-state index in [1.54, 1.807) is 65.8 Å². The van der Waals surface area contributed by atoms with Crippen LogP contribution < -0.4 is 5.32 Å². The van der Waals surface area contributed by atoms with Crippen molar-refractivity contribution in [3.05, 3.63) is 76.8 Å². The van der Waals surface area contributed by atoms with Crippen molar-refractivity contribution in [1.82, 2.24) is 10.2 Å². The predicted octanol–water partition coefficient (Wildman–Crippen LogP) is 8.38. The van der Waals surface area contributed by atoms with E-state index >= 15 is 0 Å². The highest BCUT2D eigenvalue weighted by molar-refractivity contribution is 6.31. The van der Waals surface area contributed by atoms with Gasteiger partial charge in [0.05, 0.1) is 12.2 Å². The van der Waals surface area contributed by atoms with E-state index in [0.717, 1.165) is 15.5 Å². The lowest BCUT2D eigenvalue weighted by atomic mass is 10.1. The summed E-state index contributed by atoms with van der Waals surface area (Å²) in [5.41, 5.74) is 1.88. The summed E-state index contributed by atoms with van der Waals surface area (Å²) in [6.45, 7) is 22.2. The number of benzene rings is 2. The van der Waals surface area contributed by atoms with Gasteiger partial charge in [0.2, 0.25) is 0 Å². The Morgan fingerprint density at radius 1 is 0.947 bits per heavy atom. The van der Waals surface area contributed by atoms with Crippen molar-refractivity contribution in [3.63, 3.8) is 0 Å². The number of carbonyl (C=O) groups is 2. The standard InChI is InChI=1S/C20H29N3O4.C8H9Cl.C2H6/c1-14(15-11-9-8-10-12-15)23(18(25)27-20(5,6)7)16(21)13-22-17(24)26-19(2,3)4;1-6-3-4-7(2)8(9)5-6;1-2/h8-12,21H,1,13H2,2-7H3,(H,22,24);3-5H,1-2H3;1-2H3. The van der Waals surface area contributed by atoms with Crippen LogP contribution in [-0.2, 0) is 9.47 Å². The molecule has 0 radical (unpaired) electrons. The molecular formula is C30H44ClN3O4. The molecule has 0 aliphatic carbocycles. The molecule has 8 heteroatoms. The average molecular weight is 546 g/mol. The molecule has 7 nitrogen and oxygen atoms in total. The van der Waals surface area contributed by atoms with Gasteiger partial charge in [0.15, 0.2) is 0 Å². The Morgan fingerprint density at radius 3 is 1.92 bits per heavy atom. The number of aryl methyl sites for hydroxylation is 2. The summed E-state index contributed by atoms with van der Waals surface area (Å²) in [5, 5.41) is 11.6. The van der Waals surface area contributed by atoms with Gasteiger partial charge in [0.1, 0.15) is 17.0 Å². The van der Waals surface area contributed by atoms with Gasteiger partial charge in [-0.25, -0.2) is 14.5 Å². The van der Waals surface area contributed by atoms with Crippen LogP contribution in [0.3, 0.4) is 0 Å². The van der Waals surface area contributed by atoms with Gasteiger partial charge in [-0.05, 0) is 78.1 Å². The topological polar surface area (TPSA) is 91.7 Å². The van der Waals surface area contributed by atoms with Crippen molar-refractivity contribution in [2.45, 2.75) is 80.4 Å². The van der Waals surface area contributed by atoms with Gasteiger partial charge in [-0.1, -0.05) is 74.5 Å². The Bertz CT molecular complexity index is 1070. The summed E-state index contributed by atoms with van der Waals surface area (Å²) in [6.07, 6.45) is -1.42. The number of alkyl carbamates (subject to hydrolysis) is 1. The highest BCUT2D eigenvalue weighted by atomic mass is 35.5. The van der Waals surface area contributed by atoms with Gasteiger partial charge < -0.3 is 14.8 Å². The minimum absolute atomic E-state index is 0.191. The molecule has 2 amide bonds. The van der Waals surface area contributed by atoms with Crippen LogP contribution >= 0.6 is 11.6 Å². The quantitative estimate of drug-likeness (QED) is 0.298. The maximum absolute atomic E-state index is 12.6. The maximum Gasteiger partial charge on any atom is 0.420 e. The van der Waals surface area contributed by atoms with E-state index in [0.29, 0.717) is 5.56 Å². The first-order valence-electron chi connectivity index (χ1n) is 12.5. The highest BCUT2D eigenvalue weighted by Crippen LogP contribution is 2.21. The van der Waals surface area contributed by atoms with E-state index in [1.807, 2.05) is 45.9 Å². The largest absolute Gasteiger partial charge is 0.444 e. The zero-order chi connectivity index (χ0) is 29.7. The van der Waals surface area contributed by atoms with Crippen molar-refractivity contribution in [2.24, 2.45) is 0 Å². The van der Waals surface area contributed by atoms with E-state index in [1.165, 1.54) is 5.56 Å². The Balaban J connectivity index is 0.00000103. The van der Waals surface area contributed by atoms with E-state index in [-0.39, 0.29) is 18.1 Å². The third-order valence-corrected chi connectivity index (χ3v) is 4.76. The van der Waals surface area contributed by atoms with E-state index in [9.17, 15) is 9.59 Å². The van der Waals surface area contributed by atoms with Crippen LogP contribution in [0.1, 0.15) is 72.1 Å². The Hall–Kier alpha value is -3.32. The molecule has 0 spiro atoms. The maximum atomic E-state index is 12.6. The molecule has 0 atom stereocenters. The first-order chi connectivity index (χ1) is 17.5. The molecule has 2 N–H and O–H groups in total. The molecule has 210 valence electrons. The molecule has 0 saturated heterocycles. The molecular weight excluding hydrogens is 502 g/mol. The molecule has 0 aliphatic rings. The minimum Gasteiger partial charge on any atom is -0.444 e. The first-order valence-corrected chi connectivity index (χ1v) is 12.9. The van der Waals surface area contributed by atoms with Gasteiger partial charge in [-0.3, -0.25) is 5.41 Å². The minimum atomic E-state index is -0.745. The average Bonchev–Trinajstić information content (AvgIpc) is 2.80. The molecule has 0 saturated carbocycles. The second-order valence-corrected chi connectivity index (χ2v) is 10.6. The van der Waals surface area contributed by atoms with Gasteiger partial charge in [-0.15, -0.1) is 0 Å². The zero-order valence-corrected chi connectivity index (χ0v) is 25.2. The van der Waals surface area contributed by atoms with Crippen LogP contribution in [0.4, 0.5) is 9.59 Å². The number of rotatable bonds is 4. The van der Waals surface area contributed by atoms with Crippen molar-refractivity contribution >= 4 is 35.3 Å². The van der Waals surface area contributed by atoms with Gasteiger partial charge >= 0.3 is 12.2 Å². The molecule has 0 aliphatic heterocycles. The van der Waals surface area contributed by atoms with Crippen LogP contribution in [0.15, 0.2) is 55.1 Å². The molecule has 0 aromatic heterocycles. The highest BCUT2D eigenvalue weighted by Gasteiger charge is 2.28. The fraction of sp³-hybridized carbons (Fsp3) is 0.433. The third kappa shape index (κ3) is 13.8. The lowest BCUT2D eigenvalue weighted by molar-refractivity contribution is 0.0427. The summed E-state index contributed by atoms with van der Waals surface area (Å²) in [7, 11) is 0. The smallest absolute Gasteiger partial charge is 0.420 e. The Kier molecular flexibility index (Phi) is 14.4. The molecule has 0 heterocycles. The summed E-state index contributed by atoms with van der Waals surface area (Å²) in [5.74, 6) is -0.191. The molecule has 38 heavy (non-hydrogen) atoms.